The van der Waals surface area contributed by atoms with Crippen molar-refractivity contribution in [3.05, 3.63) is 0 Å². The predicted molar refractivity (Wildman–Crippen MR) is 118 cm³/mol. The first-order valence-corrected chi connectivity index (χ1v) is 11.3. The number of aliphatic carboxylic acids is 1. The van der Waals surface area contributed by atoms with Crippen molar-refractivity contribution in [1.29, 1.82) is 0 Å². The van der Waals surface area contributed by atoms with Gasteiger partial charge in [0.15, 0.2) is 5.25 Å². The topological polar surface area (TPSA) is 147 Å². The van der Waals surface area contributed by atoms with Gasteiger partial charge < -0.3 is 15.2 Å². The molecular formula is C18H35NNa2O8S. The minimum absolute atomic E-state index is 0. The summed E-state index contributed by atoms with van der Waals surface area (Å²) in [6.07, 6.45) is 9.56. The summed E-state index contributed by atoms with van der Waals surface area (Å²) in [6.45, 7) is 1.85. The van der Waals surface area contributed by atoms with E-state index in [0.29, 0.717) is 6.42 Å². The van der Waals surface area contributed by atoms with Crippen LogP contribution in [0, 0.1) is 0 Å². The van der Waals surface area contributed by atoms with Crippen LogP contribution in [0.4, 0.5) is 0 Å². The van der Waals surface area contributed by atoms with E-state index in [9.17, 15) is 22.8 Å². The van der Waals surface area contributed by atoms with E-state index in [2.05, 4.69) is 17.0 Å². The van der Waals surface area contributed by atoms with Gasteiger partial charge in [-0.1, -0.05) is 58.3 Å². The van der Waals surface area contributed by atoms with Crippen molar-refractivity contribution in [2.24, 2.45) is 0 Å². The first-order valence-electron chi connectivity index (χ1n) is 9.80. The fourth-order valence-corrected chi connectivity index (χ4v) is 3.25. The summed E-state index contributed by atoms with van der Waals surface area (Å²) in [5.74, 6) is -3.12. The van der Waals surface area contributed by atoms with Crippen LogP contribution in [0.15, 0.2) is 0 Å². The van der Waals surface area contributed by atoms with Gasteiger partial charge in [0.1, 0.15) is 6.61 Å². The molecule has 0 aliphatic carbocycles. The number of ether oxygens (including phenoxy) is 1. The molecule has 0 fully saturated rings. The van der Waals surface area contributed by atoms with Crippen LogP contribution >= 0.6 is 0 Å². The van der Waals surface area contributed by atoms with Gasteiger partial charge in [-0.3, -0.25) is 18.9 Å². The summed E-state index contributed by atoms with van der Waals surface area (Å²) in [4.78, 5) is 33.8. The van der Waals surface area contributed by atoms with E-state index in [1.54, 1.807) is 0 Å². The minimum atomic E-state index is -4.88. The van der Waals surface area contributed by atoms with E-state index < -0.39 is 33.7 Å². The Hall–Kier alpha value is 0.320. The number of carboxylic acids is 1. The quantitative estimate of drug-likeness (QED) is 0.123. The van der Waals surface area contributed by atoms with Gasteiger partial charge in [-0.15, -0.1) is 0 Å². The molecule has 1 atom stereocenters. The van der Waals surface area contributed by atoms with E-state index in [0.717, 1.165) is 19.3 Å². The zero-order valence-corrected chi connectivity index (χ0v) is 17.3. The first-order chi connectivity index (χ1) is 13.2. The van der Waals surface area contributed by atoms with Crippen LogP contribution in [0.3, 0.4) is 0 Å². The Morgan fingerprint density at radius 2 is 1.43 bits per heavy atom. The molecule has 0 aromatic rings. The molecule has 30 heavy (non-hydrogen) atoms. The van der Waals surface area contributed by atoms with Crippen LogP contribution < -0.4 is 5.32 Å². The van der Waals surface area contributed by atoms with Crippen LogP contribution in [0.2, 0.25) is 0 Å². The number of rotatable bonds is 17. The van der Waals surface area contributed by atoms with Crippen molar-refractivity contribution in [3.63, 3.8) is 0 Å². The second-order valence-electron chi connectivity index (χ2n) is 6.70. The summed E-state index contributed by atoms with van der Waals surface area (Å²) in [5.41, 5.74) is 0. The SMILES string of the molecule is CCCCCCCCCCCC(=O)NCCOC(=O)C(CC(=O)O)S(=O)(=O)O.[NaH].[NaH]. The Kier molecular flexibility index (Phi) is 24.7. The average molecular weight is 472 g/mol. The third-order valence-corrected chi connectivity index (χ3v) is 5.24. The van der Waals surface area contributed by atoms with Gasteiger partial charge in [0, 0.05) is 6.42 Å². The maximum absolute atomic E-state index is 11.7. The molecule has 3 N–H and O–H groups in total. The molecule has 0 aromatic carbocycles. The monoisotopic (exact) mass is 471 g/mol. The second kappa shape index (κ2) is 21.2. The first kappa shape index (κ1) is 34.9. The van der Waals surface area contributed by atoms with Crippen LogP contribution in [0.5, 0.6) is 0 Å². The molecule has 168 valence electrons. The average Bonchev–Trinajstić information content (AvgIpc) is 2.60. The molecule has 0 aromatic heterocycles. The molecule has 1 unspecified atom stereocenters. The number of hydrogen-bond acceptors (Lipinski definition) is 6. The van der Waals surface area contributed by atoms with Gasteiger partial charge in [-0.2, -0.15) is 8.42 Å². The van der Waals surface area contributed by atoms with Crippen molar-refractivity contribution >= 4 is 87.1 Å². The summed E-state index contributed by atoms with van der Waals surface area (Å²) in [7, 11) is -4.88. The van der Waals surface area contributed by atoms with Crippen molar-refractivity contribution in [2.45, 2.75) is 82.8 Å². The van der Waals surface area contributed by atoms with Gasteiger partial charge >= 0.3 is 71.1 Å². The zero-order valence-electron chi connectivity index (χ0n) is 16.5. The van der Waals surface area contributed by atoms with Gasteiger partial charge in [-0.05, 0) is 6.42 Å². The zero-order chi connectivity index (χ0) is 21.4. The van der Waals surface area contributed by atoms with Crippen molar-refractivity contribution in [3.8, 4) is 0 Å². The summed E-state index contributed by atoms with van der Waals surface area (Å²) in [6, 6.07) is 0. The molecule has 0 bridgehead atoms. The Morgan fingerprint density at radius 1 is 0.933 bits per heavy atom. The van der Waals surface area contributed by atoms with Crippen molar-refractivity contribution in [1.82, 2.24) is 5.32 Å². The van der Waals surface area contributed by atoms with Gasteiger partial charge in [-0.25, -0.2) is 0 Å². The number of esters is 1. The molecule has 12 heteroatoms. The Bertz CT molecular complexity index is 587. The number of hydrogen-bond donors (Lipinski definition) is 3. The molecule has 0 saturated carbocycles. The predicted octanol–water partition coefficient (Wildman–Crippen LogP) is 1.00. The summed E-state index contributed by atoms with van der Waals surface area (Å²) >= 11 is 0. The Labute approximate surface area is 223 Å². The molecule has 9 nitrogen and oxygen atoms in total. The molecular weight excluding hydrogens is 436 g/mol. The number of unbranched alkanes of at least 4 members (excludes halogenated alkanes) is 8. The van der Waals surface area contributed by atoms with E-state index in [4.69, 9.17) is 9.66 Å². The normalized spacial score (nSPS) is 11.5. The molecule has 0 saturated heterocycles. The number of amides is 1. The fourth-order valence-electron chi connectivity index (χ4n) is 2.59. The van der Waals surface area contributed by atoms with Gasteiger partial charge in [0.2, 0.25) is 5.91 Å². The van der Waals surface area contributed by atoms with E-state index in [1.807, 2.05) is 0 Å². The van der Waals surface area contributed by atoms with Gasteiger partial charge in [0.25, 0.3) is 10.1 Å². The maximum atomic E-state index is 11.7. The van der Waals surface area contributed by atoms with Crippen LogP contribution in [0.1, 0.15) is 77.6 Å². The van der Waals surface area contributed by atoms with Crippen LogP contribution in [-0.2, 0) is 29.2 Å². The Morgan fingerprint density at radius 3 is 1.90 bits per heavy atom. The molecule has 0 aliphatic heterocycles. The molecule has 1 amide bonds. The fraction of sp³-hybridized carbons (Fsp3) is 0.833. The van der Waals surface area contributed by atoms with Crippen LogP contribution in [-0.4, -0.2) is 113 Å². The van der Waals surface area contributed by atoms with E-state index >= 15 is 0 Å². The second-order valence-corrected chi connectivity index (χ2v) is 8.30. The molecule has 0 heterocycles. The summed E-state index contributed by atoms with van der Waals surface area (Å²) in [5, 5.41) is 8.94. The van der Waals surface area contributed by atoms with E-state index in [-0.39, 0.29) is 78.2 Å². The number of nitrogens with one attached hydrogen (secondary N) is 1. The summed E-state index contributed by atoms with van der Waals surface area (Å²) < 4.78 is 35.6. The molecule has 0 spiro atoms. The van der Waals surface area contributed by atoms with Crippen molar-refractivity contribution in [2.75, 3.05) is 13.2 Å². The standard InChI is InChI=1S/C18H33NO8S.2Na.2H/c1-2-3-4-5-6-7-8-9-10-11-16(20)19-12-13-27-18(23)15(14-17(21)22)28(24,25)26;;;;/h15H,2-14H2,1H3,(H,19,20)(H,21,22)(H,24,25,26);;;;. The number of carbonyl (C=O) groups excluding carboxylic acids is 2. The number of carbonyl (C=O) groups is 3. The van der Waals surface area contributed by atoms with Crippen molar-refractivity contribution < 1.29 is 37.2 Å². The molecule has 0 radical (unpaired) electrons. The van der Waals surface area contributed by atoms with Gasteiger partial charge in [0.05, 0.1) is 13.0 Å². The Balaban J connectivity index is -0.00000364. The molecule has 0 aliphatic rings. The number of carboxylic acid groups (broad SMARTS) is 1. The third-order valence-electron chi connectivity index (χ3n) is 4.16. The third kappa shape index (κ3) is 20.2. The molecule has 0 rings (SSSR count). The van der Waals surface area contributed by atoms with Crippen LogP contribution in [0.25, 0.3) is 0 Å². The van der Waals surface area contributed by atoms with E-state index in [1.165, 1.54) is 38.5 Å².